The van der Waals surface area contributed by atoms with Crippen LogP contribution in [0.3, 0.4) is 0 Å². The van der Waals surface area contributed by atoms with Crippen LogP contribution in [0.5, 0.6) is 6.01 Å². The Hall–Kier alpha value is -3.55. The summed E-state index contributed by atoms with van der Waals surface area (Å²) in [5.74, 6) is 0.900. The Morgan fingerprint density at radius 3 is 2.54 bits per heavy atom. The first kappa shape index (κ1) is 32.4. The van der Waals surface area contributed by atoms with E-state index in [2.05, 4.69) is 20.0 Å². The number of hydrogen-bond donors (Lipinski definition) is 0. The molecule has 0 spiro atoms. The predicted molar refractivity (Wildman–Crippen MR) is 170 cm³/mol. The van der Waals surface area contributed by atoms with Gasteiger partial charge in [-0.2, -0.15) is 15.1 Å². The molecule has 46 heavy (non-hydrogen) atoms. The van der Waals surface area contributed by atoms with E-state index in [1.807, 2.05) is 45.9 Å². The van der Waals surface area contributed by atoms with E-state index in [4.69, 9.17) is 23.7 Å². The zero-order chi connectivity index (χ0) is 32.4. The Kier molecular flexibility index (Phi) is 9.62. The number of nitrogens with zero attached hydrogens (tertiary/aromatic N) is 6. The lowest BCUT2D eigenvalue weighted by atomic mass is 9.85. The molecule has 3 saturated heterocycles. The van der Waals surface area contributed by atoms with Crippen molar-refractivity contribution in [3.63, 3.8) is 0 Å². The van der Waals surface area contributed by atoms with E-state index >= 15 is 4.39 Å². The van der Waals surface area contributed by atoms with Crippen LogP contribution in [-0.4, -0.2) is 108 Å². The summed E-state index contributed by atoms with van der Waals surface area (Å²) in [6.07, 6.45) is 3.70. The summed E-state index contributed by atoms with van der Waals surface area (Å²) in [5.41, 5.74) is 2.05. The molecule has 1 amide bonds. The number of carbonyl (C=O) groups excluding carboxylic acids is 1. The molecular weight excluding hydrogens is 595 g/mol. The van der Waals surface area contributed by atoms with Crippen molar-refractivity contribution in [2.45, 2.75) is 83.5 Å². The topological polar surface area (TPSA) is 113 Å². The Morgan fingerprint density at radius 1 is 1.04 bits per heavy atom. The third-order valence-electron chi connectivity index (χ3n) is 8.68. The smallest absolute Gasteiger partial charge is 0.410 e. The van der Waals surface area contributed by atoms with Crippen LogP contribution in [0.4, 0.5) is 15.0 Å². The third-order valence-corrected chi connectivity index (χ3v) is 8.68. The second kappa shape index (κ2) is 13.7. The molecule has 250 valence electrons. The minimum atomic E-state index is -1.23. The number of rotatable bonds is 9. The van der Waals surface area contributed by atoms with Gasteiger partial charge in [0.15, 0.2) is 12.1 Å². The molecule has 0 aliphatic carbocycles. The van der Waals surface area contributed by atoms with Crippen LogP contribution in [0, 0.1) is 6.92 Å². The fourth-order valence-electron chi connectivity index (χ4n) is 6.26. The minimum Gasteiger partial charge on any atom is -0.467 e. The summed E-state index contributed by atoms with van der Waals surface area (Å²) in [5, 5.41) is 5.56. The standard InChI is InChI=1S/C33H45FN6O6/c1-21-14-22-17-35-40(27(22)15-25(21)24-9-10-38(20-26(24)34)32(41)46-33(2,3)4)29-16-28(36-31(37-29)42-5)39-18-23(19-39)43-12-13-45-30-8-6-7-11-44-30/h14-17,23-24,26,30H,6-13,18-20H2,1-5H3. The van der Waals surface area contributed by atoms with Gasteiger partial charge in [0.25, 0.3) is 0 Å². The molecule has 3 atom stereocenters. The maximum Gasteiger partial charge on any atom is 0.410 e. The summed E-state index contributed by atoms with van der Waals surface area (Å²) < 4.78 is 45.7. The molecule has 2 aromatic heterocycles. The highest BCUT2D eigenvalue weighted by molar-refractivity contribution is 5.82. The van der Waals surface area contributed by atoms with E-state index in [1.54, 1.807) is 10.9 Å². The summed E-state index contributed by atoms with van der Waals surface area (Å²) in [6, 6.07) is 6.14. The predicted octanol–water partition coefficient (Wildman–Crippen LogP) is 4.94. The Bertz CT molecular complexity index is 1520. The van der Waals surface area contributed by atoms with Crippen molar-refractivity contribution in [2.24, 2.45) is 0 Å². The molecule has 6 rings (SSSR count). The Morgan fingerprint density at radius 2 is 1.83 bits per heavy atom. The molecule has 13 heteroatoms. The quantitative estimate of drug-likeness (QED) is 0.298. The molecule has 0 radical (unpaired) electrons. The first-order valence-electron chi connectivity index (χ1n) is 16.2. The van der Waals surface area contributed by atoms with Gasteiger partial charge >= 0.3 is 12.1 Å². The summed E-state index contributed by atoms with van der Waals surface area (Å²) in [7, 11) is 1.54. The normalized spacial score (nSPS) is 22.6. The SMILES string of the molecule is COc1nc(N2CC(OCCOC3CCCCO3)C2)cc(-n2ncc3cc(C)c(C4CCN(C(=O)OC(C)(C)C)CC4F)cc32)n1. The molecule has 3 aliphatic heterocycles. The highest BCUT2D eigenvalue weighted by atomic mass is 19.1. The molecule has 3 fully saturated rings. The zero-order valence-corrected chi connectivity index (χ0v) is 27.4. The van der Waals surface area contributed by atoms with Crippen molar-refractivity contribution in [3.05, 3.63) is 35.5 Å². The number of piperidine rings is 1. The van der Waals surface area contributed by atoms with Crippen LogP contribution in [0.15, 0.2) is 24.4 Å². The Labute approximate surface area is 269 Å². The molecule has 3 aliphatic rings. The first-order valence-corrected chi connectivity index (χ1v) is 16.2. The van der Waals surface area contributed by atoms with Crippen LogP contribution in [0.1, 0.15) is 63.5 Å². The third kappa shape index (κ3) is 7.37. The highest BCUT2D eigenvalue weighted by Crippen LogP contribution is 2.36. The van der Waals surface area contributed by atoms with Gasteiger partial charge in [-0.05, 0) is 76.6 Å². The molecule has 5 heterocycles. The number of ether oxygens (including phenoxy) is 5. The molecule has 12 nitrogen and oxygen atoms in total. The lowest BCUT2D eigenvalue weighted by Gasteiger charge is -2.39. The van der Waals surface area contributed by atoms with Crippen LogP contribution in [0.25, 0.3) is 16.7 Å². The van der Waals surface area contributed by atoms with Crippen LogP contribution in [0.2, 0.25) is 0 Å². The number of alkyl halides is 1. The van der Waals surface area contributed by atoms with Crippen molar-refractivity contribution < 1.29 is 32.9 Å². The number of fused-ring (bicyclic) bond motifs is 1. The van der Waals surface area contributed by atoms with Gasteiger partial charge < -0.3 is 33.5 Å². The lowest BCUT2D eigenvalue weighted by molar-refractivity contribution is -0.171. The largest absolute Gasteiger partial charge is 0.467 e. The number of hydrogen-bond acceptors (Lipinski definition) is 10. The fourth-order valence-corrected chi connectivity index (χ4v) is 6.26. The van der Waals surface area contributed by atoms with Crippen molar-refractivity contribution >= 4 is 22.8 Å². The van der Waals surface area contributed by atoms with Crippen molar-refractivity contribution in [2.75, 3.05) is 58.0 Å². The summed E-state index contributed by atoms with van der Waals surface area (Å²) in [6.45, 7) is 11.0. The number of methoxy groups -OCH3 is 1. The highest BCUT2D eigenvalue weighted by Gasteiger charge is 2.35. The van der Waals surface area contributed by atoms with Gasteiger partial charge in [0.05, 0.1) is 44.7 Å². The van der Waals surface area contributed by atoms with Crippen LogP contribution in [-0.2, 0) is 18.9 Å². The van der Waals surface area contributed by atoms with E-state index in [9.17, 15) is 4.79 Å². The monoisotopic (exact) mass is 640 g/mol. The lowest BCUT2D eigenvalue weighted by Crippen LogP contribution is -2.53. The van der Waals surface area contributed by atoms with Gasteiger partial charge in [-0.3, -0.25) is 0 Å². The first-order chi connectivity index (χ1) is 22.1. The number of aromatic nitrogens is 4. The van der Waals surface area contributed by atoms with Gasteiger partial charge in [-0.15, -0.1) is 0 Å². The number of aryl methyl sites for hydroxylation is 1. The molecule has 3 unspecified atom stereocenters. The summed E-state index contributed by atoms with van der Waals surface area (Å²) in [4.78, 5) is 25.3. The van der Waals surface area contributed by atoms with Gasteiger partial charge in [0.2, 0.25) is 0 Å². The van der Waals surface area contributed by atoms with Crippen LogP contribution < -0.4 is 9.64 Å². The number of carbonyl (C=O) groups is 1. The average Bonchev–Trinajstić information content (AvgIpc) is 3.41. The van der Waals surface area contributed by atoms with E-state index in [0.29, 0.717) is 50.9 Å². The average molecular weight is 641 g/mol. The van der Waals surface area contributed by atoms with Crippen molar-refractivity contribution in [3.8, 4) is 11.8 Å². The molecule has 3 aromatic rings. The fraction of sp³-hybridized carbons (Fsp3) is 0.636. The molecule has 0 bridgehead atoms. The van der Waals surface area contributed by atoms with E-state index in [-0.39, 0.29) is 30.9 Å². The minimum absolute atomic E-state index is 0.00864. The zero-order valence-electron chi connectivity index (χ0n) is 27.4. The van der Waals surface area contributed by atoms with Crippen LogP contribution >= 0.6 is 0 Å². The van der Waals surface area contributed by atoms with Gasteiger partial charge in [0, 0.05) is 43.6 Å². The van der Waals surface area contributed by atoms with Gasteiger partial charge in [-0.25, -0.2) is 13.9 Å². The molecule has 0 N–H and O–H groups in total. The van der Waals surface area contributed by atoms with Gasteiger partial charge in [-0.1, -0.05) is 0 Å². The van der Waals surface area contributed by atoms with E-state index < -0.39 is 17.9 Å². The maximum atomic E-state index is 15.7. The summed E-state index contributed by atoms with van der Waals surface area (Å²) >= 11 is 0. The second-order valence-corrected chi connectivity index (χ2v) is 13.3. The Balaban J connectivity index is 1.13. The van der Waals surface area contributed by atoms with Crippen molar-refractivity contribution in [1.82, 2.24) is 24.6 Å². The van der Waals surface area contributed by atoms with E-state index in [1.165, 1.54) is 12.0 Å². The number of likely N-dealkylation sites (tertiary alicyclic amines) is 1. The molecule has 0 saturated carbocycles. The van der Waals surface area contributed by atoms with Crippen molar-refractivity contribution in [1.29, 1.82) is 0 Å². The maximum absolute atomic E-state index is 15.7. The number of benzene rings is 1. The number of anilines is 1. The van der Waals surface area contributed by atoms with Gasteiger partial charge in [0.1, 0.15) is 17.6 Å². The number of amides is 1. The molecule has 1 aromatic carbocycles. The molecular formula is C33H45FN6O6. The second-order valence-electron chi connectivity index (χ2n) is 13.3. The number of halogens is 1. The van der Waals surface area contributed by atoms with E-state index in [0.717, 1.165) is 47.9 Å².